The van der Waals surface area contributed by atoms with Crippen LogP contribution < -0.4 is 5.32 Å². The minimum atomic E-state index is 0.104. The molecule has 1 heterocycles. The summed E-state index contributed by atoms with van der Waals surface area (Å²) >= 11 is 7.26. The average molecular weight is 395 g/mol. The third-order valence-corrected chi connectivity index (χ3v) is 5.01. The number of halogens is 2. The maximum atomic E-state index is 11.4. The Morgan fingerprint density at radius 3 is 2.65 bits per heavy atom. The Balaban J connectivity index is 1.93. The number of alkyl halides is 1. The summed E-state index contributed by atoms with van der Waals surface area (Å²) < 4.78 is 1.07. The van der Waals surface area contributed by atoms with Gasteiger partial charge < -0.3 is 5.32 Å². The molecule has 1 unspecified atom stereocenters. The molecule has 1 N–H and O–H groups in total. The molecule has 3 rings (SSSR count). The fourth-order valence-electron chi connectivity index (χ4n) is 2.42. The number of carbonyl (C=O) groups is 1. The van der Waals surface area contributed by atoms with Crippen LogP contribution >= 0.6 is 31.9 Å². The molecule has 0 saturated heterocycles. The van der Waals surface area contributed by atoms with Gasteiger partial charge in [-0.25, -0.2) is 0 Å². The Labute approximate surface area is 134 Å². The Morgan fingerprint density at radius 1 is 1.05 bits per heavy atom. The Morgan fingerprint density at radius 2 is 1.85 bits per heavy atom. The first-order valence-corrected chi connectivity index (χ1v) is 8.16. The summed E-state index contributed by atoms with van der Waals surface area (Å²) in [7, 11) is 0. The first-order chi connectivity index (χ1) is 9.63. The van der Waals surface area contributed by atoms with Gasteiger partial charge >= 0.3 is 0 Å². The lowest BCUT2D eigenvalue weighted by Crippen LogP contribution is -2.19. The highest BCUT2D eigenvalue weighted by Crippen LogP contribution is 2.35. The first-order valence-electron chi connectivity index (χ1n) is 6.46. The van der Waals surface area contributed by atoms with E-state index >= 15 is 0 Å². The second kappa shape index (κ2) is 5.70. The molecule has 1 atom stereocenters. The topological polar surface area (TPSA) is 29.1 Å². The number of benzene rings is 2. The minimum Gasteiger partial charge on any atom is -0.326 e. The molecule has 102 valence electrons. The monoisotopic (exact) mass is 393 g/mol. The lowest BCUT2D eigenvalue weighted by molar-refractivity contribution is -0.116. The van der Waals surface area contributed by atoms with Crippen molar-refractivity contribution >= 4 is 43.5 Å². The van der Waals surface area contributed by atoms with Crippen LogP contribution in [0, 0.1) is 0 Å². The summed E-state index contributed by atoms with van der Waals surface area (Å²) in [5, 5.41) is 2.91. The van der Waals surface area contributed by atoms with Crippen LogP contribution in [0.3, 0.4) is 0 Å². The fourth-order valence-corrected chi connectivity index (χ4v) is 3.40. The van der Waals surface area contributed by atoms with E-state index in [4.69, 9.17) is 0 Å². The molecule has 0 fully saturated rings. The average Bonchev–Trinajstić information content (AvgIpc) is 2.46. The standard InChI is InChI=1S/C16H13Br2NO/c17-13-3-1-2-11(9-13)16(18)12-4-6-14-10(8-12)5-7-15(20)19-14/h1-4,6,8-9,16H,5,7H2,(H,19,20). The van der Waals surface area contributed by atoms with Crippen molar-refractivity contribution in [2.75, 3.05) is 5.32 Å². The molecule has 0 aliphatic carbocycles. The number of carbonyl (C=O) groups excluding carboxylic acids is 1. The molecule has 0 aromatic heterocycles. The second-order valence-corrected chi connectivity index (χ2v) is 6.71. The van der Waals surface area contributed by atoms with Crippen LogP contribution in [-0.4, -0.2) is 5.91 Å². The fraction of sp³-hybridized carbons (Fsp3) is 0.188. The number of aryl methyl sites for hydroxylation is 1. The molecule has 0 spiro atoms. The van der Waals surface area contributed by atoms with Crippen molar-refractivity contribution in [3.63, 3.8) is 0 Å². The van der Waals surface area contributed by atoms with Crippen LogP contribution in [0.1, 0.15) is 27.9 Å². The Bertz CT molecular complexity index is 669. The zero-order chi connectivity index (χ0) is 14.1. The van der Waals surface area contributed by atoms with Gasteiger partial charge in [0.2, 0.25) is 5.91 Å². The van der Waals surface area contributed by atoms with Gasteiger partial charge in [-0.05, 0) is 41.3 Å². The summed E-state index contributed by atoms with van der Waals surface area (Å²) in [5.41, 5.74) is 4.57. The lowest BCUT2D eigenvalue weighted by atomic mass is 9.97. The largest absolute Gasteiger partial charge is 0.326 e. The summed E-state index contributed by atoms with van der Waals surface area (Å²) in [4.78, 5) is 11.5. The summed E-state index contributed by atoms with van der Waals surface area (Å²) in [6, 6.07) is 14.5. The number of hydrogen-bond acceptors (Lipinski definition) is 1. The van der Waals surface area contributed by atoms with E-state index in [-0.39, 0.29) is 10.7 Å². The first kappa shape index (κ1) is 13.8. The maximum absolute atomic E-state index is 11.4. The SMILES string of the molecule is O=C1CCc2cc(C(Br)c3cccc(Br)c3)ccc2N1. The number of anilines is 1. The minimum absolute atomic E-state index is 0.104. The van der Waals surface area contributed by atoms with E-state index in [1.165, 1.54) is 16.7 Å². The smallest absolute Gasteiger partial charge is 0.224 e. The molecule has 1 aliphatic rings. The molecular weight excluding hydrogens is 382 g/mol. The van der Waals surface area contributed by atoms with Gasteiger partial charge in [0.05, 0.1) is 4.83 Å². The van der Waals surface area contributed by atoms with Gasteiger partial charge in [0, 0.05) is 16.6 Å². The highest BCUT2D eigenvalue weighted by atomic mass is 79.9. The van der Waals surface area contributed by atoms with E-state index in [1.807, 2.05) is 18.2 Å². The van der Waals surface area contributed by atoms with E-state index < -0.39 is 0 Å². The number of fused-ring (bicyclic) bond motifs is 1. The van der Waals surface area contributed by atoms with Gasteiger partial charge in [0.25, 0.3) is 0 Å². The van der Waals surface area contributed by atoms with Crippen LogP contribution in [-0.2, 0) is 11.2 Å². The van der Waals surface area contributed by atoms with Crippen LogP contribution in [0.25, 0.3) is 0 Å². The molecule has 2 aromatic carbocycles. The molecular formula is C16H13Br2NO. The van der Waals surface area contributed by atoms with E-state index in [0.717, 1.165) is 16.6 Å². The van der Waals surface area contributed by atoms with Gasteiger partial charge in [0.1, 0.15) is 0 Å². The number of nitrogens with one attached hydrogen (secondary N) is 1. The number of hydrogen-bond donors (Lipinski definition) is 1. The van der Waals surface area contributed by atoms with Crippen molar-refractivity contribution in [2.24, 2.45) is 0 Å². The van der Waals surface area contributed by atoms with Crippen LogP contribution in [0.15, 0.2) is 46.9 Å². The van der Waals surface area contributed by atoms with E-state index in [9.17, 15) is 4.79 Å². The van der Waals surface area contributed by atoms with Crippen LogP contribution in [0.4, 0.5) is 5.69 Å². The maximum Gasteiger partial charge on any atom is 0.224 e. The predicted molar refractivity (Wildman–Crippen MR) is 88.3 cm³/mol. The molecule has 0 saturated carbocycles. The van der Waals surface area contributed by atoms with Crippen molar-refractivity contribution < 1.29 is 4.79 Å². The van der Waals surface area contributed by atoms with Crippen LogP contribution in [0.2, 0.25) is 0 Å². The highest BCUT2D eigenvalue weighted by Gasteiger charge is 2.17. The van der Waals surface area contributed by atoms with Crippen molar-refractivity contribution in [1.29, 1.82) is 0 Å². The molecule has 2 nitrogen and oxygen atoms in total. The predicted octanol–water partition coefficient (Wildman–Crippen LogP) is 4.82. The molecule has 1 amide bonds. The molecule has 4 heteroatoms. The van der Waals surface area contributed by atoms with Crippen LogP contribution in [0.5, 0.6) is 0 Å². The van der Waals surface area contributed by atoms with E-state index in [1.54, 1.807) is 0 Å². The molecule has 0 bridgehead atoms. The summed E-state index contributed by atoms with van der Waals surface area (Å²) in [6.45, 7) is 0. The van der Waals surface area contributed by atoms with Gasteiger partial charge in [-0.2, -0.15) is 0 Å². The van der Waals surface area contributed by atoms with Crippen molar-refractivity contribution in [3.05, 3.63) is 63.6 Å². The van der Waals surface area contributed by atoms with Gasteiger partial charge in [-0.3, -0.25) is 4.79 Å². The third kappa shape index (κ3) is 2.81. The Hall–Kier alpha value is -1.13. The highest BCUT2D eigenvalue weighted by molar-refractivity contribution is 9.10. The van der Waals surface area contributed by atoms with Gasteiger partial charge in [-0.15, -0.1) is 0 Å². The van der Waals surface area contributed by atoms with Crippen molar-refractivity contribution in [2.45, 2.75) is 17.7 Å². The Kier molecular flexibility index (Phi) is 3.94. The lowest BCUT2D eigenvalue weighted by Gasteiger charge is -2.19. The normalized spacial score (nSPS) is 15.4. The zero-order valence-corrected chi connectivity index (χ0v) is 13.9. The quantitative estimate of drug-likeness (QED) is 0.727. The molecule has 2 aromatic rings. The number of amides is 1. The summed E-state index contributed by atoms with van der Waals surface area (Å²) in [5.74, 6) is 0.104. The van der Waals surface area contributed by atoms with Crippen molar-refractivity contribution in [1.82, 2.24) is 0 Å². The molecule has 1 aliphatic heterocycles. The van der Waals surface area contributed by atoms with Crippen molar-refractivity contribution in [3.8, 4) is 0 Å². The van der Waals surface area contributed by atoms with E-state index in [0.29, 0.717) is 6.42 Å². The second-order valence-electron chi connectivity index (χ2n) is 4.88. The van der Waals surface area contributed by atoms with Gasteiger partial charge in [0.15, 0.2) is 0 Å². The summed E-state index contributed by atoms with van der Waals surface area (Å²) in [6.07, 6.45) is 1.38. The third-order valence-electron chi connectivity index (χ3n) is 3.46. The van der Waals surface area contributed by atoms with E-state index in [2.05, 4.69) is 61.4 Å². The van der Waals surface area contributed by atoms with Gasteiger partial charge in [-0.1, -0.05) is 56.1 Å². The molecule has 0 radical (unpaired) electrons. The zero-order valence-electron chi connectivity index (χ0n) is 10.7. The molecule has 20 heavy (non-hydrogen) atoms. The number of rotatable bonds is 2.